The van der Waals surface area contributed by atoms with Gasteiger partial charge in [0.1, 0.15) is 11.2 Å². The fourth-order valence-electron chi connectivity index (χ4n) is 9.97. The molecule has 1 aliphatic heterocycles. The second-order valence-electron chi connectivity index (χ2n) is 15.0. The SMILES string of the molecule is CC1(C)c2ccccc2C2(C)NC(n3c4cc5ccccc5cc4c4ccc5ccccc5c43)=NC(c3cccc4oc5ccccc5c34)C12. The van der Waals surface area contributed by atoms with E-state index in [-0.39, 0.29) is 17.4 Å². The van der Waals surface area contributed by atoms with Crippen molar-refractivity contribution in [2.24, 2.45) is 10.9 Å². The minimum absolute atomic E-state index is 0.126. The molecule has 4 heteroatoms. The number of furan rings is 1. The van der Waals surface area contributed by atoms with Gasteiger partial charge < -0.3 is 9.73 Å². The molecule has 1 N–H and O–H groups in total. The van der Waals surface area contributed by atoms with Gasteiger partial charge in [-0.3, -0.25) is 4.57 Å². The van der Waals surface area contributed by atoms with Crippen LogP contribution in [0.2, 0.25) is 0 Å². The maximum Gasteiger partial charge on any atom is 0.204 e. The monoisotopic (exact) mass is 645 g/mol. The van der Waals surface area contributed by atoms with E-state index in [2.05, 4.69) is 170 Å². The van der Waals surface area contributed by atoms with Crippen molar-refractivity contribution in [3.8, 4) is 0 Å². The number of hydrogen-bond acceptors (Lipinski definition) is 3. The quantitative estimate of drug-likeness (QED) is 0.193. The van der Waals surface area contributed by atoms with Crippen molar-refractivity contribution in [2.75, 3.05) is 0 Å². The second-order valence-corrected chi connectivity index (χ2v) is 15.0. The highest BCUT2D eigenvalue weighted by atomic mass is 16.3. The summed E-state index contributed by atoms with van der Waals surface area (Å²) in [4.78, 5) is 5.91. The number of aliphatic imine (C=N–C) groups is 1. The van der Waals surface area contributed by atoms with E-state index in [0.717, 1.165) is 33.4 Å². The van der Waals surface area contributed by atoms with Crippen LogP contribution in [0.3, 0.4) is 0 Å². The lowest BCUT2D eigenvalue weighted by atomic mass is 9.67. The molecule has 0 saturated carbocycles. The van der Waals surface area contributed by atoms with Crippen molar-refractivity contribution in [2.45, 2.75) is 37.8 Å². The lowest BCUT2D eigenvalue weighted by Crippen LogP contribution is -2.56. The molecule has 2 aliphatic rings. The lowest BCUT2D eigenvalue weighted by Gasteiger charge is -2.47. The summed E-state index contributed by atoms with van der Waals surface area (Å²) in [7, 11) is 0. The van der Waals surface area contributed by atoms with Gasteiger partial charge in [0, 0.05) is 32.8 Å². The topological polar surface area (TPSA) is 42.5 Å². The molecule has 1 aliphatic carbocycles. The Morgan fingerprint density at radius 2 is 1.28 bits per heavy atom. The van der Waals surface area contributed by atoms with Crippen molar-refractivity contribution in [1.82, 2.24) is 9.88 Å². The fraction of sp³-hybridized carbons (Fsp3) is 0.152. The Morgan fingerprint density at radius 3 is 2.12 bits per heavy atom. The molecule has 4 nitrogen and oxygen atoms in total. The van der Waals surface area contributed by atoms with Crippen molar-refractivity contribution >= 4 is 71.2 Å². The Labute approximate surface area is 289 Å². The van der Waals surface area contributed by atoms with Crippen LogP contribution in [0, 0.1) is 5.92 Å². The summed E-state index contributed by atoms with van der Waals surface area (Å²) in [6.45, 7) is 7.22. The van der Waals surface area contributed by atoms with Crippen LogP contribution in [-0.2, 0) is 11.0 Å². The molecule has 0 bridgehead atoms. The van der Waals surface area contributed by atoms with Gasteiger partial charge in [-0.1, -0.05) is 129 Å². The lowest BCUT2D eigenvalue weighted by molar-refractivity contribution is 0.158. The van der Waals surface area contributed by atoms with E-state index < -0.39 is 5.54 Å². The molecule has 50 heavy (non-hydrogen) atoms. The minimum Gasteiger partial charge on any atom is -0.456 e. The number of rotatable bonds is 1. The molecule has 0 spiro atoms. The molecule has 0 radical (unpaired) electrons. The Bertz CT molecular complexity index is 2920. The number of hydrogen-bond donors (Lipinski definition) is 1. The predicted octanol–water partition coefficient (Wildman–Crippen LogP) is 11.4. The molecule has 9 aromatic rings. The Morgan fingerprint density at radius 1 is 0.600 bits per heavy atom. The first-order valence-corrected chi connectivity index (χ1v) is 17.6. The summed E-state index contributed by atoms with van der Waals surface area (Å²) in [5.74, 6) is 0.999. The van der Waals surface area contributed by atoms with E-state index in [1.165, 1.54) is 54.5 Å². The van der Waals surface area contributed by atoms with Gasteiger partial charge in [-0.05, 0) is 69.5 Å². The molecule has 0 saturated heterocycles. The molecule has 3 atom stereocenters. The summed E-state index contributed by atoms with van der Waals surface area (Å²) < 4.78 is 8.89. The first-order valence-electron chi connectivity index (χ1n) is 17.6. The third-order valence-electron chi connectivity index (χ3n) is 12.0. The van der Waals surface area contributed by atoms with Crippen LogP contribution in [-0.4, -0.2) is 10.5 Å². The van der Waals surface area contributed by atoms with Gasteiger partial charge >= 0.3 is 0 Å². The number of nitrogens with one attached hydrogen (secondary N) is 1. The molecule has 3 heterocycles. The molecule has 240 valence electrons. The number of nitrogens with zero attached hydrogens (tertiary/aromatic N) is 2. The number of benzene rings is 7. The Hall–Kier alpha value is -5.87. The van der Waals surface area contributed by atoms with Crippen LogP contribution < -0.4 is 5.32 Å². The number of aromatic nitrogens is 1. The zero-order valence-corrected chi connectivity index (χ0v) is 28.2. The van der Waals surface area contributed by atoms with Crippen molar-refractivity contribution in [3.05, 3.63) is 156 Å². The summed E-state index contributed by atoms with van der Waals surface area (Å²) in [5, 5.41) is 13.8. The maximum atomic E-state index is 6.47. The first-order chi connectivity index (χ1) is 24.4. The van der Waals surface area contributed by atoms with Gasteiger partial charge in [-0.2, -0.15) is 0 Å². The largest absolute Gasteiger partial charge is 0.456 e. The van der Waals surface area contributed by atoms with Crippen LogP contribution in [0.1, 0.15) is 43.5 Å². The third-order valence-corrected chi connectivity index (χ3v) is 12.0. The van der Waals surface area contributed by atoms with E-state index in [0.29, 0.717) is 0 Å². The molecule has 0 fully saturated rings. The summed E-state index contributed by atoms with van der Waals surface area (Å²) in [6, 6.07) is 50.5. The van der Waals surface area contributed by atoms with Crippen LogP contribution in [0.5, 0.6) is 0 Å². The minimum atomic E-state index is -0.409. The van der Waals surface area contributed by atoms with Gasteiger partial charge in [-0.15, -0.1) is 0 Å². The molecule has 11 rings (SSSR count). The highest BCUT2D eigenvalue weighted by Crippen LogP contribution is 2.60. The van der Waals surface area contributed by atoms with Gasteiger partial charge in [0.25, 0.3) is 0 Å². The zero-order chi connectivity index (χ0) is 33.4. The van der Waals surface area contributed by atoms with Crippen molar-refractivity contribution < 1.29 is 4.42 Å². The Balaban J connectivity index is 1.29. The molecule has 7 aromatic carbocycles. The van der Waals surface area contributed by atoms with Gasteiger partial charge in [0.15, 0.2) is 0 Å². The van der Waals surface area contributed by atoms with E-state index in [9.17, 15) is 0 Å². The van der Waals surface area contributed by atoms with Crippen molar-refractivity contribution in [3.63, 3.8) is 0 Å². The molecule has 0 amide bonds. The van der Waals surface area contributed by atoms with Crippen molar-refractivity contribution in [1.29, 1.82) is 0 Å². The first kappa shape index (κ1) is 28.0. The summed E-state index contributed by atoms with van der Waals surface area (Å²) >= 11 is 0. The number of fused-ring (bicyclic) bond motifs is 12. The molecular formula is C46H35N3O. The zero-order valence-electron chi connectivity index (χ0n) is 28.2. The van der Waals surface area contributed by atoms with E-state index in [1.807, 2.05) is 0 Å². The number of para-hydroxylation sites is 1. The normalized spacial score (nSPS) is 21.2. The summed E-state index contributed by atoms with van der Waals surface area (Å²) in [5.41, 5.74) is 7.50. The Kier molecular flexibility index (Phi) is 5.40. The van der Waals surface area contributed by atoms with E-state index in [1.54, 1.807) is 0 Å². The van der Waals surface area contributed by atoms with Gasteiger partial charge in [0.2, 0.25) is 5.96 Å². The molecule has 2 aromatic heterocycles. The van der Waals surface area contributed by atoms with E-state index in [4.69, 9.17) is 9.41 Å². The summed E-state index contributed by atoms with van der Waals surface area (Å²) in [6.07, 6.45) is 0. The van der Waals surface area contributed by atoms with Crippen LogP contribution >= 0.6 is 0 Å². The highest BCUT2D eigenvalue weighted by molar-refractivity contribution is 6.23. The standard InChI is InChI=1S/C46H35N3O/c1-45(2)35-19-9-10-20-36(35)46(3)43(45)41(33-18-12-22-39-40(33)32-17-8-11-21-38(32)50-39)47-44(48-46)49-37-26-29-15-5-4-14-28(29)25-34(37)31-24-23-27-13-6-7-16-30(27)42(31)49/h4-26,41,43H,1-3H3,(H,47,48). The third kappa shape index (κ3) is 3.53. The van der Waals surface area contributed by atoms with Gasteiger partial charge in [-0.25, -0.2) is 4.99 Å². The average Bonchev–Trinajstić information content (AvgIpc) is 3.74. The van der Waals surface area contributed by atoms with Crippen LogP contribution in [0.25, 0.3) is 65.3 Å². The molecule has 3 unspecified atom stereocenters. The van der Waals surface area contributed by atoms with Gasteiger partial charge in [0.05, 0.1) is 22.6 Å². The predicted molar refractivity (Wildman–Crippen MR) is 207 cm³/mol. The second kappa shape index (κ2) is 9.64. The average molecular weight is 646 g/mol. The fourth-order valence-corrected chi connectivity index (χ4v) is 9.97. The van der Waals surface area contributed by atoms with E-state index >= 15 is 0 Å². The highest BCUT2D eigenvalue weighted by Gasteiger charge is 2.59. The molecular weight excluding hydrogens is 611 g/mol. The smallest absolute Gasteiger partial charge is 0.204 e. The maximum absolute atomic E-state index is 6.47. The van der Waals surface area contributed by atoms with Crippen LogP contribution in [0.15, 0.2) is 149 Å². The van der Waals surface area contributed by atoms with Crippen LogP contribution in [0.4, 0.5) is 0 Å².